The minimum Gasteiger partial charge on any atom is -0.351 e. The Morgan fingerprint density at radius 1 is 1.25 bits per heavy atom. The smallest absolute Gasteiger partial charge is 0.251 e. The van der Waals surface area contributed by atoms with Gasteiger partial charge in [0.15, 0.2) is 0 Å². The van der Waals surface area contributed by atoms with Gasteiger partial charge in [-0.05, 0) is 49.2 Å². The minimum atomic E-state index is 0.0237. The maximum absolute atomic E-state index is 12.1. The molecule has 1 rings (SSSR count). The number of benzene rings is 1. The zero-order valence-corrected chi connectivity index (χ0v) is 13.5. The Morgan fingerprint density at radius 3 is 2.40 bits per heavy atom. The lowest BCUT2D eigenvalue weighted by Gasteiger charge is -2.18. The molecule has 1 amide bonds. The van der Waals surface area contributed by atoms with Gasteiger partial charge >= 0.3 is 0 Å². The van der Waals surface area contributed by atoms with E-state index in [4.69, 9.17) is 0 Å². The molecule has 0 bridgehead atoms. The third kappa shape index (κ3) is 4.64. The number of likely N-dealkylation sites (N-methyl/N-ethyl adjacent to an activating group) is 1. The molecule has 0 saturated heterocycles. The Kier molecular flexibility index (Phi) is 6.73. The fourth-order valence-electron chi connectivity index (χ4n) is 2.43. The maximum atomic E-state index is 12.1. The van der Waals surface area contributed by atoms with Gasteiger partial charge in [0.25, 0.3) is 5.91 Å². The van der Waals surface area contributed by atoms with Crippen LogP contribution in [0.25, 0.3) is 0 Å². The molecular weight excluding hydrogens is 248 g/mol. The van der Waals surface area contributed by atoms with Crippen LogP contribution < -0.4 is 5.32 Å². The van der Waals surface area contributed by atoms with Crippen molar-refractivity contribution < 1.29 is 4.79 Å². The normalized spacial score (nSPS) is 11.2. The van der Waals surface area contributed by atoms with Crippen LogP contribution in [0.4, 0.5) is 0 Å². The predicted octanol–water partition coefficient (Wildman–Crippen LogP) is 3.19. The van der Waals surface area contributed by atoms with Gasteiger partial charge in [0.1, 0.15) is 0 Å². The number of aryl methyl sites for hydroxylation is 1. The number of amides is 1. The lowest BCUT2D eigenvalue weighted by molar-refractivity contribution is 0.0949. The summed E-state index contributed by atoms with van der Waals surface area (Å²) in [6, 6.07) is 5.98. The van der Waals surface area contributed by atoms with Gasteiger partial charge in [0.2, 0.25) is 0 Å². The zero-order chi connectivity index (χ0) is 15.1. The summed E-state index contributed by atoms with van der Waals surface area (Å²) in [6.07, 6.45) is 0. The van der Waals surface area contributed by atoms with Crippen molar-refractivity contribution in [1.29, 1.82) is 0 Å². The first-order chi connectivity index (χ1) is 9.49. The van der Waals surface area contributed by atoms with Crippen molar-refractivity contribution in [3.05, 3.63) is 34.9 Å². The van der Waals surface area contributed by atoms with E-state index in [1.807, 2.05) is 12.1 Å². The highest BCUT2D eigenvalue weighted by atomic mass is 16.1. The van der Waals surface area contributed by atoms with E-state index in [1.165, 1.54) is 11.1 Å². The summed E-state index contributed by atoms with van der Waals surface area (Å²) in [7, 11) is 0. The van der Waals surface area contributed by atoms with Crippen molar-refractivity contribution in [2.75, 3.05) is 26.2 Å². The fraction of sp³-hybridized carbons (Fsp3) is 0.588. The molecule has 1 N–H and O–H groups in total. The van der Waals surface area contributed by atoms with Gasteiger partial charge in [-0.1, -0.05) is 33.8 Å². The van der Waals surface area contributed by atoms with Crippen molar-refractivity contribution in [3.8, 4) is 0 Å². The van der Waals surface area contributed by atoms with E-state index >= 15 is 0 Å². The Balaban J connectivity index is 2.58. The highest BCUT2D eigenvalue weighted by Crippen LogP contribution is 2.19. The van der Waals surface area contributed by atoms with Crippen LogP contribution in [0.15, 0.2) is 18.2 Å². The monoisotopic (exact) mass is 276 g/mol. The molecule has 0 heterocycles. The highest BCUT2D eigenvalue weighted by molar-refractivity contribution is 5.94. The Morgan fingerprint density at radius 2 is 1.90 bits per heavy atom. The van der Waals surface area contributed by atoms with Crippen LogP contribution in [0.1, 0.15) is 55.1 Å². The van der Waals surface area contributed by atoms with Crippen LogP contribution in [0.3, 0.4) is 0 Å². The number of carbonyl (C=O) groups excluding carboxylic acids is 1. The summed E-state index contributed by atoms with van der Waals surface area (Å²) in [6.45, 7) is 14.3. The molecule has 0 aliphatic rings. The minimum absolute atomic E-state index is 0.0237. The molecule has 1 aromatic carbocycles. The van der Waals surface area contributed by atoms with Crippen molar-refractivity contribution in [2.45, 2.75) is 40.5 Å². The third-order valence-corrected chi connectivity index (χ3v) is 3.76. The van der Waals surface area contributed by atoms with E-state index in [0.29, 0.717) is 12.5 Å². The zero-order valence-electron chi connectivity index (χ0n) is 13.5. The lowest BCUT2D eigenvalue weighted by Crippen LogP contribution is -2.34. The first-order valence-corrected chi connectivity index (χ1v) is 7.60. The van der Waals surface area contributed by atoms with E-state index in [0.717, 1.165) is 25.2 Å². The quantitative estimate of drug-likeness (QED) is 0.829. The van der Waals surface area contributed by atoms with Crippen molar-refractivity contribution >= 4 is 5.91 Å². The summed E-state index contributed by atoms with van der Waals surface area (Å²) in [4.78, 5) is 14.4. The average molecular weight is 276 g/mol. The number of hydrogen-bond donors (Lipinski definition) is 1. The van der Waals surface area contributed by atoms with Gasteiger partial charge in [-0.2, -0.15) is 0 Å². The molecule has 0 fully saturated rings. The molecule has 0 aliphatic heterocycles. The molecule has 1 aromatic rings. The van der Waals surface area contributed by atoms with Crippen LogP contribution in [-0.2, 0) is 0 Å². The molecule has 0 aliphatic carbocycles. The second-order valence-corrected chi connectivity index (χ2v) is 5.51. The first-order valence-electron chi connectivity index (χ1n) is 7.60. The van der Waals surface area contributed by atoms with E-state index in [1.54, 1.807) is 0 Å². The third-order valence-electron chi connectivity index (χ3n) is 3.76. The fourth-order valence-corrected chi connectivity index (χ4v) is 2.43. The van der Waals surface area contributed by atoms with Crippen LogP contribution >= 0.6 is 0 Å². The number of hydrogen-bond acceptors (Lipinski definition) is 2. The second kappa shape index (κ2) is 8.05. The topological polar surface area (TPSA) is 32.3 Å². The molecule has 0 unspecified atom stereocenters. The number of carbonyl (C=O) groups is 1. The van der Waals surface area contributed by atoms with Gasteiger partial charge < -0.3 is 10.2 Å². The standard InChI is InChI=1S/C17H28N2O/c1-6-19(7-2)11-10-18-17(20)15-8-9-16(13(3)4)14(5)12-15/h8-9,12-13H,6-7,10-11H2,1-5H3,(H,18,20). The summed E-state index contributed by atoms with van der Waals surface area (Å²) in [5, 5.41) is 2.99. The average Bonchev–Trinajstić information content (AvgIpc) is 2.42. The van der Waals surface area contributed by atoms with Crippen LogP contribution in [0.5, 0.6) is 0 Å². The molecule has 3 heteroatoms. The van der Waals surface area contributed by atoms with Crippen LogP contribution in [0, 0.1) is 6.92 Å². The van der Waals surface area contributed by atoms with Crippen LogP contribution in [0.2, 0.25) is 0 Å². The molecule has 20 heavy (non-hydrogen) atoms. The molecule has 0 atom stereocenters. The van der Waals surface area contributed by atoms with E-state index in [9.17, 15) is 4.79 Å². The molecule has 0 saturated carbocycles. The van der Waals surface area contributed by atoms with Crippen molar-refractivity contribution in [2.24, 2.45) is 0 Å². The number of nitrogens with zero attached hydrogens (tertiary/aromatic N) is 1. The Hall–Kier alpha value is -1.35. The first kappa shape index (κ1) is 16.7. The highest BCUT2D eigenvalue weighted by Gasteiger charge is 2.09. The van der Waals surface area contributed by atoms with E-state index < -0.39 is 0 Å². The van der Waals surface area contributed by atoms with Gasteiger partial charge in [-0.25, -0.2) is 0 Å². The van der Waals surface area contributed by atoms with Crippen molar-refractivity contribution in [3.63, 3.8) is 0 Å². The molecular formula is C17H28N2O. The lowest BCUT2D eigenvalue weighted by atomic mass is 9.96. The molecule has 0 spiro atoms. The Labute approximate surface area is 123 Å². The van der Waals surface area contributed by atoms with Crippen LogP contribution in [-0.4, -0.2) is 37.0 Å². The molecule has 0 aromatic heterocycles. The maximum Gasteiger partial charge on any atom is 0.251 e. The Bertz CT molecular complexity index is 437. The molecule has 0 radical (unpaired) electrons. The van der Waals surface area contributed by atoms with E-state index in [2.05, 4.69) is 50.9 Å². The van der Waals surface area contributed by atoms with E-state index in [-0.39, 0.29) is 5.91 Å². The van der Waals surface area contributed by atoms with Gasteiger partial charge in [0, 0.05) is 18.7 Å². The largest absolute Gasteiger partial charge is 0.351 e. The summed E-state index contributed by atoms with van der Waals surface area (Å²) < 4.78 is 0. The second-order valence-electron chi connectivity index (χ2n) is 5.51. The predicted molar refractivity (Wildman–Crippen MR) is 85.4 cm³/mol. The molecule has 3 nitrogen and oxygen atoms in total. The summed E-state index contributed by atoms with van der Waals surface area (Å²) >= 11 is 0. The summed E-state index contributed by atoms with van der Waals surface area (Å²) in [5.74, 6) is 0.519. The molecule has 112 valence electrons. The summed E-state index contributed by atoms with van der Waals surface area (Å²) in [5.41, 5.74) is 3.26. The van der Waals surface area contributed by atoms with Gasteiger partial charge in [-0.3, -0.25) is 4.79 Å². The SMILES string of the molecule is CCN(CC)CCNC(=O)c1ccc(C(C)C)c(C)c1. The van der Waals surface area contributed by atoms with Gasteiger partial charge in [0.05, 0.1) is 0 Å². The number of rotatable bonds is 7. The van der Waals surface area contributed by atoms with Gasteiger partial charge in [-0.15, -0.1) is 0 Å². The van der Waals surface area contributed by atoms with Crippen molar-refractivity contribution in [1.82, 2.24) is 10.2 Å². The number of nitrogens with one attached hydrogen (secondary N) is 1.